The molecule has 4 heteroatoms. The maximum absolute atomic E-state index is 4.26. The molecule has 0 bridgehead atoms. The molecule has 3 nitrogen and oxygen atoms in total. The van der Waals surface area contributed by atoms with E-state index in [9.17, 15) is 0 Å². The highest BCUT2D eigenvalue weighted by molar-refractivity contribution is 9.09. The molecule has 0 aromatic carbocycles. The van der Waals surface area contributed by atoms with E-state index in [2.05, 4.69) is 37.3 Å². The van der Waals surface area contributed by atoms with Gasteiger partial charge >= 0.3 is 0 Å². The van der Waals surface area contributed by atoms with E-state index in [1.54, 1.807) is 6.33 Å². The fourth-order valence-electron chi connectivity index (χ4n) is 1.40. The maximum Gasteiger partial charge on any atom is 0.129 e. The summed E-state index contributed by atoms with van der Waals surface area (Å²) in [5.74, 6) is 1.82. The SMILES string of the molecule is BrCCNc1cc(CC2CC2)ncn1. The highest BCUT2D eigenvalue weighted by atomic mass is 79.9. The lowest BCUT2D eigenvalue weighted by atomic mass is 10.2. The van der Waals surface area contributed by atoms with E-state index in [1.165, 1.54) is 18.5 Å². The van der Waals surface area contributed by atoms with Gasteiger partial charge in [-0.1, -0.05) is 15.9 Å². The summed E-state index contributed by atoms with van der Waals surface area (Å²) in [5, 5.41) is 4.17. The molecule has 1 aromatic rings. The Morgan fingerprint density at radius 1 is 1.43 bits per heavy atom. The molecule has 0 aliphatic heterocycles. The minimum Gasteiger partial charge on any atom is -0.369 e. The van der Waals surface area contributed by atoms with Crippen LogP contribution >= 0.6 is 15.9 Å². The molecule has 2 rings (SSSR count). The van der Waals surface area contributed by atoms with Crippen molar-refractivity contribution in [3.05, 3.63) is 18.1 Å². The van der Waals surface area contributed by atoms with Crippen LogP contribution in [0.15, 0.2) is 12.4 Å². The van der Waals surface area contributed by atoms with Crippen molar-refractivity contribution in [3.8, 4) is 0 Å². The average Bonchev–Trinajstić information content (AvgIpc) is 2.99. The molecular formula is C10H14BrN3. The summed E-state index contributed by atoms with van der Waals surface area (Å²) in [6.45, 7) is 0.903. The van der Waals surface area contributed by atoms with Crippen molar-refractivity contribution in [1.29, 1.82) is 0 Å². The lowest BCUT2D eigenvalue weighted by molar-refractivity contribution is 0.799. The highest BCUT2D eigenvalue weighted by Crippen LogP contribution is 2.32. The first kappa shape index (κ1) is 9.90. The second-order valence-electron chi connectivity index (χ2n) is 3.66. The van der Waals surface area contributed by atoms with Gasteiger partial charge in [0, 0.05) is 23.6 Å². The molecule has 14 heavy (non-hydrogen) atoms. The molecule has 1 N–H and O–H groups in total. The molecule has 76 valence electrons. The van der Waals surface area contributed by atoms with Crippen LogP contribution in [0.4, 0.5) is 5.82 Å². The van der Waals surface area contributed by atoms with Gasteiger partial charge in [0.15, 0.2) is 0 Å². The Kier molecular flexibility index (Phi) is 3.35. The lowest BCUT2D eigenvalue weighted by Crippen LogP contribution is -2.05. The monoisotopic (exact) mass is 255 g/mol. The Morgan fingerprint density at radius 3 is 3.00 bits per heavy atom. The van der Waals surface area contributed by atoms with E-state index in [1.807, 2.05) is 0 Å². The Bertz CT molecular complexity index is 299. The highest BCUT2D eigenvalue weighted by Gasteiger charge is 2.22. The molecule has 0 unspecified atom stereocenters. The first-order valence-electron chi connectivity index (χ1n) is 4.99. The van der Waals surface area contributed by atoms with Crippen molar-refractivity contribution >= 4 is 21.7 Å². The molecule has 1 aromatic heterocycles. The molecule has 1 fully saturated rings. The molecular weight excluding hydrogens is 242 g/mol. The van der Waals surface area contributed by atoms with Gasteiger partial charge in [-0.05, 0) is 25.2 Å². The van der Waals surface area contributed by atoms with Gasteiger partial charge in [0.1, 0.15) is 12.1 Å². The van der Waals surface area contributed by atoms with E-state index in [-0.39, 0.29) is 0 Å². The van der Waals surface area contributed by atoms with Crippen molar-refractivity contribution in [1.82, 2.24) is 9.97 Å². The molecule has 1 aliphatic rings. The number of hydrogen-bond donors (Lipinski definition) is 1. The lowest BCUT2D eigenvalue weighted by Gasteiger charge is -2.04. The topological polar surface area (TPSA) is 37.8 Å². The summed E-state index contributed by atoms with van der Waals surface area (Å²) < 4.78 is 0. The van der Waals surface area contributed by atoms with Crippen LogP contribution in [0.2, 0.25) is 0 Å². The third-order valence-electron chi connectivity index (χ3n) is 2.32. The molecule has 1 aliphatic carbocycles. The second kappa shape index (κ2) is 4.73. The van der Waals surface area contributed by atoms with Crippen LogP contribution in [-0.2, 0) is 6.42 Å². The number of nitrogens with zero attached hydrogens (tertiary/aromatic N) is 2. The van der Waals surface area contributed by atoms with Gasteiger partial charge in [0.2, 0.25) is 0 Å². The summed E-state index contributed by atoms with van der Waals surface area (Å²) in [5.41, 5.74) is 1.17. The van der Waals surface area contributed by atoms with E-state index in [0.717, 1.165) is 30.0 Å². The Morgan fingerprint density at radius 2 is 2.29 bits per heavy atom. The predicted octanol–water partition coefficient (Wildman–Crippen LogP) is 2.24. The van der Waals surface area contributed by atoms with Crippen molar-refractivity contribution in [2.75, 3.05) is 17.2 Å². The van der Waals surface area contributed by atoms with Crippen LogP contribution in [0.5, 0.6) is 0 Å². The number of alkyl halides is 1. The molecule has 0 radical (unpaired) electrons. The standard InChI is InChI=1S/C10H14BrN3/c11-3-4-12-10-6-9(13-7-14-10)5-8-1-2-8/h6-8H,1-5H2,(H,12,13,14). The van der Waals surface area contributed by atoms with E-state index in [4.69, 9.17) is 0 Å². The summed E-state index contributed by atoms with van der Waals surface area (Å²) in [6.07, 6.45) is 5.50. The minimum absolute atomic E-state index is 0.883. The molecule has 1 saturated carbocycles. The van der Waals surface area contributed by atoms with Gasteiger partial charge in [-0.15, -0.1) is 0 Å². The van der Waals surface area contributed by atoms with E-state index < -0.39 is 0 Å². The molecule has 0 saturated heterocycles. The number of anilines is 1. The summed E-state index contributed by atoms with van der Waals surface area (Å²) in [4.78, 5) is 8.43. The smallest absolute Gasteiger partial charge is 0.129 e. The normalized spacial score (nSPS) is 15.5. The van der Waals surface area contributed by atoms with Crippen LogP contribution < -0.4 is 5.32 Å². The number of hydrogen-bond acceptors (Lipinski definition) is 3. The number of aromatic nitrogens is 2. The second-order valence-corrected chi connectivity index (χ2v) is 4.45. The Labute approximate surface area is 92.5 Å². The van der Waals surface area contributed by atoms with Crippen molar-refractivity contribution < 1.29 is 0 Å². The van der Waals surface area contributed by atoms with Crippen molar-refractivity contribution in [2.45, 2.75) is 19.3 Å². The van der Waals surface area contributed by atoms with Crippen LogP contribution in [0, 0.1) is 5.92 Å². The third-order valence-corrected chi connectivity index (χ3v) is 2.72. The van der Waals surface area contributed by atoms with Gasteiger partial charge in [-0.2, -0.15) is 0 Å². The Hall–Kier alpha value is -0.640. The average molecular weight is 256 g/mol. The first-order valence-corrected chi connectivity index (χ1v) is 6.11. The summed E-state index contributed by atoms with van der Waals surface area (Å²) >= 11 is 3.37. The van der Waals surface area contributed by atoms with Gasteiger partial charge in [-0.3, -0.25) is 0 Å². The van der Waals surface area contributed by atoms with Gasteiger partial charge in [0.05, 0.1) is 0 Å². The van der Waals surface area contributed by atoms with E-state index >= 15 is 0 Å². The first-order chi connectivity index (χ1) is 6.88. The van der Waals surface area contributed by atoms with Gasteiger partial charge < -0.3 is 5.32 Å². The zero-order valence-corrected chi connectivity index (χ0v) is 9.63. The molecule has 1 heterocycles. The molecule has 0 atom stereocenters. The van der Waals surface area contributed by atoms with E-state index in [0.29, 0.717) is 0 Å². The fourth-order valence-corrected chi connectivity index (χ4v) is 1.60. The minimum atomic E-state index is 0.883. The summed E-state index contributed by atoms with van der Waals surface area (Å²) in [6, 6.07) is 2.06. The van der Waals surface area contributed by atoms with Crippen LogP contribution in [0.1, 0.15) is 18.5 Å². The number of nitrogens with one attached hydrogen (secondary N) is 1. The zero-order chi connectivity index (χ0) is 9.80. The van der Waals surface area contributed by atoms with Crippen LogP contribution in [0.3, 0.4) is 0 Å². The number of halogens is 1. The molecule has 0 amide bonds. The van der Waals surface area contributed by atoms with Crippen molar-refractivity contribution in [3.63, 3.8) is 0 Å². The van der Waals surface area contributed by atoms with Crippen LogP contribution in [-0.4, -0.2) is 21.8 Å². The maximum atomic E-state index is 4.26. The Balaban J connectivity index is 1.94. The van der Waals surface area contributed by atoms with Gasteiger partial charge in [-0.25, -0.2) is 9.97 Å². The largest absolute Gasteiger partial charge is 0.369 e. The van der Waals surface area contributed by atoms with Crippen LogP contribution in [0.25, 0.3) is 0 Å². The third kappa shape index (κ3) is 2.94. The fraction of sp³-hybridized carbons (Fsp3) is 0.600. The van der Waals surface area contributed by atoms with Crippen molar-refractivity contribution in [2.24, 2.45) is 5.92 Å². The predicted molar refractivity (Wildman–Crippen MR) is 60.7 cm³/mol. The quantitative estimate of drug-likeness (QED) is 0.821. The summed E-state index contributed by atoms with van der Waals surface area (Å²) in [7, 11) is 0. The number of rotatable bonds is 5. The molecule has 0 spiro atoms. The van der Waals surface area contributed by atoms with Gasteiger partial charge in [0.25, 0.3) is 0 Å². The zero-order valence-electron chi connectivity index (χ0n) is 8.04.